The summed E-state index contributed by atoms with van der Waals surface area (Å²) in [6.07, 6.45) is 4.05. The van der Waals surface area contributed by atoms with E-state index in [1.165, 1.54) is 23.5 Å². The van der Waals surface area contributed by atoms with Crippen LogP contribution in [0.4, 0.5) is 0 Å². The normalized spacial score (nSPS) is 16.0. The predicted molar refractivity (Wildman–Crippen MR) is 94.0 cm³/mol. The zero-order valence-corrected chi connectivity index (χ0v) is 13.9. The molecule has 1 saturated heterocycles. The van der Waals surface area contributed by atoms with Crippen molar-refractivity contribution < 1.29 is 4.79 Å². The highest BCUT2D eigenvalue weighted by atomic mass is 16.2. The molecule has 3 rings (SSSR count). The molecule has 1 fully saturated rings. The highest BCUT2D eigenvalue weighted by Crippen LogP contribution is 2.18. The lowest BCUT2D eigenvalue weighted by atomic mass is 10.1. The number of nitrogens with one attached hydrogen (secondary N) is 1. The van der Waals surface area contributed by atoms with Gasteiger partial charge in [0, 0.05) is 31.4 Å². The fourth-order valence-corrected chi connectivity index (χ4v) is 3.07. The minimum absolute atomic E-state index is 0.0825. The Morgan fingerprint density at radius 2 is 1.88 bits per heavy atom. The number of pyridine rings is 1. The van der Waals surface area contributed by atoms with E-state index in [1.54, 1.807) is 19.3 Å². The van der Waals surface area contributed by atoms with Crippen molar-refractivity contribution in [2.75, 3.05) is 19.6 Å². The van der Waals surface area contributed by atoms with Gasteiger partial charge >= 0.3 is 0 Å². The smallest absolute Gasteiger partial charge is 0.252 e. The molecule has 2 heterocycles. The van der Waals surface area contributed by atoms with E-state index in [-0.39, 0.29) is 17.5 Å². The number of hydrogen-bond donors (Lipinski definition) is 1. The SMILES string of the molecule is Cn1ccc(C(=O)N[C@H](CN2CCCC2)c2ccccc2)cc1=O. The number of carbonyl (C=O) groups excluding carboxylic acids is 1. The zero-order chi connectivity index (χ0) is 16.9. The lowest BCUT2D eigenvalue weighted by Gasteiger charge is -2.25. The quantitative estimate of drug-likeness (QED) is 0.914. The molecule has 0 saturated carbocycles. The molecule has 1 aliphatic heterocycles. The molecule has 5 nitrogen and oxygen atoms in total. The number of hydrogen-bond acceptors (Lipinski definition) is 3. The maximum Gasteiger partial charge on any atom is 0.252 e. The third-order valence-electron chi connectivity index (χ3n) is 4.51. The highest BCUT2D eigenvalue weighted by molar-refractivity contribution is 5.94. The Morgan fingerprint density at radius 1 is 1.17 bits per heavy atom. The molecule has 0 unspecified atom stereocenters. The average molecular weight is 325 g/mol. The predicted octanol–water partition coefficient (Wildman–Crippen LogP) is 1.95. The van der Waals surface area contributed by atoms with Crippen LogP contribution in [0, 0.1) is 0 Å². The monoisotopic (exact) mass is 325 g/mol. The molecule has 1 N–H and O–H groups in total. The summed E-state index contributed by atoms with van der Waals surface area (Å²) >= 11 is 0. The first-order valence-electron chi connectivity index (χ1n) is 8.38. The van der Waals surface area contributed by atoms with E-state index in [0.717, 1.165) is 25.2 Å². The van der Waals surface area contributed by atoms with Crippen LogP contribution in [0.2, 0.25) is 0 Å². The van der Waals surface area contributed by atoms with Gasteiger partial charge in [-0.15, -0.1) is 0 Å². The summed E-state index contributed by atoms with van der Waals surface area (Å²) in [5, 5.41) is 3.09. The summed E-state index contributed by atoms with van der Waals surface area (Å²) in [4.78, 5) is 26.7. The Kier molecular flexibility index (Phi) is 5.11. The van der Waals surface area contributed by atoms with Crippen LogP contribution in [0.15, 0.2) is 53.5 Å². The number of amides is 1. The molecule has 1 aromatic heterocycles. The van der Waals surface area contributed by atoms with Crippen molar-refractivity contribution in [3.05, 3.63) is 70.1 Å². The number of likely N-dealkylation sites (tertiary alicyclic amines) is 1. The van der Waals surface area contributed by atoms with Gasteiger partial charge < -0.3 is 14.8 Å². The van der Waals surface area contributed by atoms with Crippen molar-refractivity contribution in [2.24, 2.45) is 7.05 Å². The van der Waals surface area contributed by atoms with E-state index in [4.69, 9.17) is 0 Å². The molecular formula is C19H23N3O2. The molecule has 1 amide bonds. The molecule has 0 bridgehead atoms. The highest BCUT2D eigenvalue weighted by Gasteiger charge is 2.21. The maximum atomic E-state index is 12.6. The fraction of sp³-hybridized carbons (Fsp3) is 0.368. The molecule has 2 aromatic rings. The second-order valence-electron chi connectivity index (χ2n) is 6.31. The maximum absolute atomic E-state index is 12.6. The van der Waals surface area contributed by atoms with Crippen molar-refractivity contribution >= 4 is 5.91 Å². The van der Waals surface area contributed by atoms with Gasteiger partial charge in [-0.1, -0.05) is 30.3 Å². The molecule has 0 aliphatic carbocycles. The molecule has 126 valence electrons. The molecule has 5 heteroatoms. The van der Waals surface area contributed by atoms with E-state index in [1.807, 2.05) is 30.3 Å². The summed E-state index contributed by atoms with van der Waals surface area (Å²) < 4.78 is 1.45. The van der Waals surface area contributed by atoms with Gasteiger partial charge in [-0.05, 0) is 37.6 Å². The van der Waals surface area contributed by atoms with Crippen LogP contribution < -0.4 is 10.9 Å². The molecule has 24 heavy (non-hydrogen) atoms. The minimum Gasteiger partial charge on any atom is -0.344 e. The third kappa shape index (κ3) is 3.92. The Hall–Kier alpha value is -2.40. The topological polar surface area (TPSA) is 54.3 Å². The Balaban J connectivity index is 1.78. The van der Waals surface area contributed by atoms with Crippen molar-refractivity contribution in [3.63, 3.8) is 0 Å². The third-order valence-corrected chi connectivity index (χ3v) is 4.51. The standard InChI is InChI=1S/C19H23N3O2/c1-21-12-9-16(13-18(21)23)19(24)20-17(14-22-10-5-6-11-22)15-7-3-2-4-8-15/h2-4,7-9,12-13,17H,5-6,10-11,14H2,1H3,(H,20,24)/t17-/m1/s1. The largest absolute Gasteiger partial charge is 0.344 e. The van der Waals surface area contributed by atoms with Crippen molar-refractivity contribution in [1.29, 1.82) is 0 Å². The van der Waals surface area contributed by atoms with Gasteiger partial charge in [0.2, 0.25) is 0 Å². The second kappa shape index (κ2) is 7.45. The summed E-state index contributed by atoms with van der Waals surface area (Å²) in [6.45, 7) is 2.94. The average Bonchev–Trinajstić information content (AvgIpc) is 3.10. The van der Waals surface area contributed by atoms with Gasteiger partial charge in [0.1, 0.15) is 0 Å². The van der Waals surface area contributed by atoms with Gasteiger partial charge in [-0.25, -0.2) is 0 Å². The summed E-state index contributed by atoms with van der Waals surface area (Å²) in [7, 11) is 1.67. The van der Waals surface area contributed by atoms with Gasteiger partial charge in [-0.2, -0.15) is 0 Å². The molecule has 1 atom stereocenters. The number of benzene rings is 1. The summed E-state index contributed by atoms with van der Waals surface area (Å²) in [5.74, 6) is -0.208. The fourth-order valence-electron chi connectivity index (χ4n) is 3.07. The van der Waals surface area contributed by atoms with Crippen molar-refractivity contribution in [3.8, 4) is 0 Å². The van der Waals surface area contributed by atoms with Crippen LogP contribution in [-0.4, -0.2) is 35.0 Å². The number of rotatable bonds is 5. The second-order valence-corrected chi connectivity index (χ2v) is 6.31. The molecule has 0 spiro atoms. The van der Waals surface area contributed by atoms with Crippen molar-refractivity contribution in [1.82, 2.24) is 14.8 Å². The Labute approximate surface area is 141 Å². The molecule has 0 radical (unpaired) electrons. The lowest BCUT2D eigenvalue weighted by Crippen LogP contribution is -2.37. The van der Waals surface area contributed by atoms with Crippen LogP contribution in [0.3, 0.4) is 0 Å². The van der Waals surface area contributed by atoms with E-state index in [9.17, 15) is 9.59 Å². The number of nitrogens with zero attached hydrogens (tertiary/aromatic N) is 2. The first kappa shape index (κ1) is 16.5. The van der Waals surface area contributed by atoms with Crippen molar-refractivity contribution in [2.45, 2.75) is 18.9 Å². The number of carbonyl (C=O) groups is 1. The summed E-state index contributed by atoms with van der Waals surface area (Å²) in [6, 6.07) is 13.0. The van der Waals surface area contributed by atoms with Crippen LogP contribution in [0.25, 0.3) is 0 Å². The Morgan fingerprint density at radius 3 is 2.54 bits per heavy atom. The van der Waals surface area contributed by atoms with Crippen LogP contribution >= 0.6 is 0 Å². The van der Waals surface area contributed by atoms with E-state index < -0.39 is 0 Å². The van der Waals surface area contributed by atoms with Gasteiger partial charge in [0.05, 0.1) is 6.04 Å². The van der Waals surface area contributed by atoms with E-state index in [2.05, 4.69) is 10.2 Å². The van der Waals surface area contributed by atoms with Crippen LogP contribution in [0.1, 0.15) is 34.8 Å². The van der Waals surface area contributed by atoms with Crippen LogP contribution in [0.5, 0.6) is 0 Å². The molecule has 1 aliphatic rings. The molecule has 1 aromatic carbocycles. The number of aryl methyl sites for hydroxylation is 1. The van der Waals surface area contributed by atoms with Gasteiger partial charge in [0.15, 0.2) is 0 Å². The van der Waals surface area contributed by atoms with Gasteiger partial charge in [0.25, 0.3) is 11.5 Å². The molecular weight excluding hydrogens is 302 g/mol. The number of aromatic nitrogens is 1. The summed E-state index contributed by atoms with van der Waals surface area (Å²) in [5.41, 5.74) is 1.31. The Bertz CT molecular complexity index is 749. The first-order chi connectivity index (χ1) is 11.6. The zero-order valence-electron chi connectivity index (χ0n) is 13.9. The first-order valence-corrected chi connectivity index (χ1v) is 8.38. The van der Waals surface area contributed by atoms with E-state index in [0.29, 0.717) is 5.56 Å². The van der Waals surface area contributed by atoms with Gasteiger partial charge in [-0.3, -0.25) is 9.59 Å². The lowest BCUT2D eigenvalue weighted by molar-refractivity contribution is 0.0927. The minimum atomic E-state index is -0.208. The van der Waals surface area contributed by atoms with E-state index >= 15 is 0 Å². The van der Waals surface area contributed by atoms with Crippen LogP contribution in [-0.2, 0) is 7.05 Å².